The molecule has 84 valence electrons. The van der Waals surface area contributed by atoms with Gasteiger partial charge in [-0.3, -0.25) is 0 Å². The highest BCUT2D eigenvalue weighted by Gasteiger charge is 2.41. The Kier molecular flexibility index (Phi) is 3.78. The largest absolute Gasteiger partial charge is 0.411 e. The van der Waals surface area contributed by atoms with Gasteiger partial charge in [-0.15, -0.1) is 0 Å². The first kappa shape index (κ1) is 11.8. The maximum atomic E-state index is 11.7. The van der Waals surface area contributed by atoms with Crippen LogP contribution in [-0.4, -0.2) is 33.0 Å². The third kappa shape index (κ3) is 4.28. The molecule has 1 fully saturated rings. The fourth-order valence-electron chi connectivity index (χ4n) is 1.54. The van der Waals surface area contributed by atoms with Crippen LogP contribution in [0.25, 0.3) is 0 Å². The highest BCUT2D eigenvalue weighted by atomic mass is 19.4. The Hall–Kier alpha value is -0.290. The zero-order valence-electron chi connectivity index (χ0n) is 8.28. The van der Waals surface area contributed by atoms with Gasteiger partial charge in [0, 0.05) is 13.2 Å². The topological polar surface area (TPSA) is 21.3 Å². The maximum Gasteiger partial charge on any atom is 0.411 e. The first-order chi connectivity index (χ1) is 6.47. The van der Waals surface area contributed by atoms with E-state index in [9.17, 15) is 13.2 Å². The minimum absolute atomic E-state index is 0.210. The van der Waals surface area contributed by atoms with Gasteiger partial charge >= 0.3 is 6.18 Å². The van der Waals surface area contributed by atoms with E-state index in [1.165, 1.54) is 0 Å². The molecule has 5 heteroatoms. The molecule has 0 aliphatic heterocycles. The fourth-order valence-corrected chi connectivity index (χ4v) is 1.54. The van der Waals surface area contributed by atoms with E-state index >= 15 is 0 Å². The summed E-state index contributed by atoms with van der Waals surface area (Å²) in [6.07, 6.45) is -1.27. The summed E-state index contributed by atoms with van der Waals surface area (Å²) < 4.78 is 39.7. The van der Waals surface area contributed by atoms with Crippen molar-refractivity contribution < 1.29 is 17.9 Å². The van der Waals surface area contributed by atoms with Crippen LogP contribution in [0.4, 0.5) is 13.2 Å². The number of nitrogens with one attached hydrogen (secondary N) is 1. The number of ether oxygens (including phenoxy) is 1. The van der Waals surface area contributed by atoms with E-state index in [4.69, 9.17) is 0 Å². The van der Waals surface area contributed by atoms with Gasteiger partial charge in [0.1, 0.15) is 6.61 Å². The lowest BCUT2D eigenvalue weighted by atomic mass is 10.0. The smallest absolute Gasteiger partial charge is 0.372 e. The number of hydrogen-bond donors (Lipinski definition) is 1. The van der Waals surface area contributed by atoms with Gasteiger partial charge in [0.15, 0.2) is 0 Å². The summed E-state index contributed by atoms with van der Waals surface area (Å²) in [6.45, 7) is -0.0355. The number of hydrogen-bond acceptors (Lipinski definition) is 2. The van der Waals surface area contributed by atoms with Crippen LogP contribution in [0.2, 0.25) is 0 Å². The maximum absolute atomic E-state index is 11.7. The van der Waals surface area contributed by atoms with Gasteiger partial charge in [-0.2, -0.15) is 13.2 Å². The molecule has 1 aliphatic carbocycles. The van der Waals surface area contributed by atoms with Crippen molar-refractivity contribution >= 4 is 0 Å². The molecule has 0 aromatic heterocycles. The molecule has 0 aromatic carbocycles. The zero-order chi connectivity index (χ0) is 10.7. The third-order valence-electron chi connectivity index (χ3n) is 2.55. The van der Waals surface area contributed by atoms with Gasteiger partial charge in [-0.25, -0.2) is 0 Å². The Balaban J connectivity index is 2.04. The second-order valence-corrected chi connectivity index (χ2v) is 3.95. The first-order valence-electron chi connectivity index (χ1n) is 4.77. The van der Waals surface area contributed by atoms with E-state index in [0.717, 1.165) is 25.8 Å². The lowest BCUT2D eigenvalue weighted by molar-refractivity contribution is -0.174. The molecule has 0 saturated heterocycles. The van der Waals surface area contributed by atoms with Crippen molar-refractivity contribution in [1.29, 1.82) is 0 Å². The van der Waals surface area contributed by atoms with E-state index in [1.807, 2.05) is 7.05 Å². The summed E-state index contributed by atoms with van der Waals surface area (Å²) in [5.41, 5.74) is 0.223. The zero-order valence-corrected chi connectivity index (χ0v) is 8.28. The summed E-state index contributed by atoms with van der Waals surface area (Å²) in [5.74, 6) is 0. The molecular formula is C9H16F3NO. The van der Waals surface area contributed by atoms with Gasteiger partial charge in [0.05, 0.1) is 0 Å². The normalized spacial score (nSPS) is 19.7. The molecule has 0 bridgehead atoms. The average Bonchev–Trinajstić information content (AvgIpc) is 2.79. The molecule has 0 atom stereocenters. The van der Waals surface area contributed by atoms with Crippen LogP contribution in [0.5, 0.6) is 0 Å². The summed E-state index contributed by atoms with van der Waals surface area (Å²) in [6, 6.07) is 0. The minimum atomic E-state index is -4.19. The summed E-state index contributed by atoms with van der Waals surface area (Å²) in [5, 5.41) is 3.05. The Morgan fingerprint density at radius 3 is 2.43 bits per heavy atom. The molecule has 0 aromatic rings. The van der Waals surface area contributed by atoms with E-state index in [2.05, 4.69) is 10.1 Å². The summed E-state index contributed by atoms with van der Waals surface area (Å²) in [7, 11) is 1.86. The molecule has 1 rings (SSSR count). The highest BCUT2D eigenvalue weighted by Crippen LogP contribution is 2.48. The Bertz CT molecular complexity index is 177. The van der Waals surface area contributed by atoms with Crippen LogP contribution in [0, 0.1) is 5.41 Å². The Morgan fingerprint density at radius 1 is 1.36 bits per heavy atom. The molecule has 0 unspecified atom stereocenters. The average molecular weight is 211 g/mol. The lowest BCUT2D eigenvalue weighted by Crippen LogP contribution is -2.23. The third-order valence-corrected chi connectivity index (χ3v) is 2.55. The van der Waals surface area contributed by atoms with Crippen molar-refractivity contribution in [2.75, 3.05) is 26.8 Å². The lowest BCUT2D eigenvalue weighted by Gasteiger charge is -2.14. The van der Waals surface area contributed by atoms with Gasteiger partial charge < -0.3 is 10.1 Å². The van der Waals surface area contributed by atoms with Crippen molar-refractivity contribution in [2.45, 2.75) is 25.4 Å². The summed E-state index contributed by atoms with van der Waals surface area (Å²) in [4.78, 5) is 0. The van der Waals surface area contributed by atoms with Crippen LogP contribution in [0.3, 0.4) is 0 Å². The monoisotopic (exact) mass is 211 g/mol. The number of rotatable bonds is 6. The second kappa shape index (κ2) is 4.49. The van der Waals surface area contributed by atoms with Gasteiger partial charge in [0.25, 0.3) is 0 Å². The van der Waals surface area contributed by atoms with Crippen LogP contribution < -0.4 is 5.32 Å². The molecule has 0 heterocycles. The van der Waals surface area contributed by atoms with Crippen molar-refractivity contribution in [3.63, 3.8) is 0 Å². The summed E-state index contributed by atoms with van der Waals surface area (Å²) >= 11 is 0. The molecule has 1 N–H and O–H groups in total. The standard InChI is InChI=1S/C9H16F3NO/c1-13-6-8(2-3-8)4-5-14-7-9(10,11)12/h13H,2-7H2,1H3. The number of alkyl halides is 3. The van der Waals surface area contributed by atoms with Gasteiger partial charge in [-0.05, 0) is 31.7 Å². The van der Waals surface area contributed by atoms with Gasteiger partial charge in [-0.1, -0.05) is 0 Å². The van der Waals surface area contributed by atoms with Crippen molar-refractivity contribution in [2.24, 2.45) is 5.41 Å². The molecule has 2 nitrogen and oxygen atoms in total. The predicted molar refractivity (Wildman–Crippen MR) is 47.1 cm³/mol. The van der Waals surface area contributed by atoms with E-state index < -0.39 is 12.8 Å². The van der Waals surface area contributed by atoms with Crippen LogP contribution in [-0.2, 0) is 4.74 Å². The van der Waals surface area contributed by atoms with Crippen molar-refractivity contribution in [1.82, 2.24) is 5.32 Å². The fraction of sp³-hybridized carbons (Fsp3) is 1.00. The Labute approximate surface area is 81.8 Å². The van der Waals surface area contributed by atoms with E-state index in [-0.39, 0.29) is 12.0 Å². The second-order valence-electron chi connectivity index (χ2n) is 3.95. The first-order valence-corrected chi connectivity index (χ1v) is 4.77. The SMILES string of the molecule is CNCC1(CCOCC(F)(F)F)CC1. The van der Waals surface area contributed by atoms with E-state index in [0.29, 0.717) is 0 Å². The highest BCUT2D eigenvalue weighted by molar-refractivity contribution is 4.94. The van der Waals surface area contributed by atoms with Crippen LogP contribution >= 0.6 is 0 Å². The number of halogens is 3. The van der Waals surface area contributed by atoms with Crippen LogP contribution in [0.15, 0.2) is 0 Å². The molecular weight excluding hydrogens is 195 g/mol. The van der Waals surface area contributed by atoms with E-state index in [1.54, 1.807) is 0 Å². The molecule has 0 amide bonds. The Morgan fingerprint density at radius 2 is 2.00 bits per heavy atom. The van der Waals surface area contributed by atoms with Crippen molar-refractivity contribution in [3.05, 3.63) is 0 Å². The molecule has 1 saturated carbocycles. The predicted octanol–water partition coefficient (Wildman–Crippen LogP) is 1.95. The van der Waals surface area contributed by atoms with Gasteiger partial charge in [0.2, 0.25) is 0 Å². The molecule has 0 radical (unpaired) electrons. The van der Waals surface area contributed by atoms with Crippen LogP contribution in [0.1, 0.15) is 19.3 Å². The molecule has 14 heavy (non-hydrogen) atoms. The molecule has 0 spiro atoms. The molecule has 1 aliphatic rings. The van der Waals surface area contributed by atoms with Crippen molar-refractivity contribution in [3.8, 4) is 0 Å². The minimum Gasteiger partial charge on any atom is -0.372 e. The quantitative estimate of drug-likeness (QED) is 0.678.